The number of likely N-dealkylation sites (N-methyl/N-ethyl adjacent to an activating group) is 1. The second-order valence-corrected chi connectivity index (χ2v) is 4.72. The third kappa shape index (κ3) is 2.78. The van der Waals surface area contributed by atoms with Crippen LogP contribution < -0.4 is 5.73 Å². The van der Waals surface area contributed by atoms with E-state index in [2.05, 4.69) is 0 Å². The number of nitro groups is 1. The largest absolute Gasteiger partial charge is 0.393 e. The Labute approximate surface area is 121 Å². The van der Waals surface area contributed by atoms with E-state index in [-0.39, 0.29) is 17.9 Å². The van der Waals surface area contributed by atoms with Gasteiger partial charge in [0, 0.05) is 37.8 Å². The Morgan fingerprint density at radius 3 is 2.48 bits per heavy atom. The monoisotopic (exact) mass is 292 g/mol. The van der Waals surface area contributed by atoms with Gasteiger partial charge in [0.25, 0.3) is 5.69 Å². The van der Waals surface area contributed by atoms with Crippen LogP contribution >= 0.6 is 0 Å². The van der Waals surface area contributed by atoms with E-state index in [0.29, 0.717) is 25.2 Å². The van der Waals surface area contributed by atoms with Gasteiger partial charge in [0.15, 0.2) is 0 Å². The highest BCUT2D eigenvalue weighted by Gasteiger charge is 2.32. The van der Waals surface area contributed by atoms with Crippen molar-refractivity contribution in [2.24, 2.45) is 0 Å². The molecule has 1 heterocycles. The van der Waals surface area contributed by atoms with E-state index in [1.807, 2.05) is 0 Å². The summed E-state index contributed by atoms with van der Waals surface area (Å²) in [5.41, 5.74) is 6.06. The molecule has 2 rings (SSSR count). The molecular weight excluding hydrogens is 276 g/mol. The normalized spacial score (nSPS) is 15.5. The molecule has 0 saturated carbocycles. The molecule has 1 aromatic carbocycles. The molecule has 112 valence electrons. The van der Waals surface area contributed by atoms with Crippen molar-refractivity contribution < 1.29 is 14.5 Å². The first-order valence-corrected chi connectivity index (χ1v) is 6.55. The molecule has 1 aromatic rings. The molecule has 0 unspecified atom stereocenters. The number of hydrogen-bond donors (Lipinski definition) is 1. The van der Waals surface area contributed by atoms with Crippen molar-refractivity contribution in [3.8, 4) is 0 Å². The van der Waals surface area contributed by atoms with Gasteiger partial charge in [-0.2, -0.15) is 0 Å². The summed E-state index contributed by atoms with van der Waals surface area (Å²) in [4.78, 5) is 36.9. The zero-order valence-corrected chi connectivity index (χ0v) is 11.6. The van der Waals surface area contributed by atoms with Crippen molar-refractivity contribution in [1.29, 1.82) is 0 Å². The van der Waals surface area contributed by atoms with Crippen LogP contribution in [0.3, 0.4) is 0 Å². The number of carbonyl (C=O) groups excluding carboxylic acids is 2. The molecule has 2 amide bonds. The Morgan fingerprint density at radius 1 is 1.24 bits per heavy atom. The Balaban J connectivity index is 2.20. The number of nitrogens with zero attached hydrogens (tertiary/aromatic N) is 3. The molecular formula is C13H16N4O4. The highest BCUT2D eigenvalue weighted by atomic mass is 16.6. The molecule has 1 fully saturated rings. The smallest absolute Gasteiger partial charge is 0.312 e. The van der Waals surface area contributed by atoms with E-state index in [1.54, 1.807) is 13.0 Å². The van der Waals surface area contributed by atoms with Crippen molar-refractivity contribution in [2.45, 2.75) is 13.5 Å². The number of nitrogen functional groups attached to an aromatic ring is 1. The van der Waals surface area contributed by atoms with Gasteiger partial charge in [0.2, 0.25) is 0 Å². The summed E-state index contributed by atoms with van der Waals surface area (Å²) in [6.45, 7) is 3.23. The number of amides is 2. The van der Waals surface area contributed by atoms with Gasteiger partial charge in [-0.1, -0.05) is 12.1 Å². The van der Waals surface area contributed by atoms with Crippen molar-refractivity contribution >= 4 is 23.2 Å². The fourth-order valence-corrected chi connectivity index (χ4v) is 2.27. The van der Waals surface area contributed by atoms with Gasteiger partial charge in [-0.25, -0.2) is 0 Å². The molecule has 8 nitrogen and oxygen atoms in total. The molecule has 0 aliphatic carbocycles. The minimum absolute atomic E-state index is 0.0284. The van der Waals surface area contributed by atoms with Crippen LogP contribution in [0.25, 0.3) is 0 Å². The predicted octanol–water partition coefficient (Wildman–Crippen LogP) is 0.368. The van der Waals surface area contributed by atoms with Gasteiger partial charge in [-0.05, 0) is 6.92 Å². The van der Waals surface area contributed by atoms with Crippen LogP contribution in [-0.4, -0.2) is 46.2 Å². The second kappa shape index (κ2) is 5.78. The minimum Gasteiger partial charge on any atom is -0.393 e. The van der Waals surface area contributed by atoms with Crippen LogP contribution in [0.5, 0.6) is 0 Å². The fraction of sp³-hybridized carbons (Fsp3) is 0.385. The molecule has 0 bridgehead atoms. The van der Waals surface area contributed by atoms with E-state index in [9.17, 15) is 19.7 Å². The maximum atomic E-state index is 12.0. The lowest BCUT2D eigenvalue weighted by molar-refractivity contribution is -0.384. The van der Waals surface area contributed by atoms with Crippen molar-refractivity contribution in [1.82, 2.24) is 9.80 Å². The third-order valence-electron chi connectivity index (χ3n) is 3.51. The zero-order chi connectivity index (χ0) is 15.6. The summed E-state index contributed by atoms with van der Waals surface area (Å²) in [6.07, 6.45) is 0. The van der Waals surface area contributed by atoms with Crippen LogP contribution in [0.1, 0.15) is 12.5 Å². The van der Waals surface area contributed by atoms with Crippen LogP contribution in [0.2, 0.25) is 0 Å². The van der Waals surface area contributed by atoms with E-state index in [1.165, 1.54) is 21.9 Å². The molecule has 2 N–H and O–H groups in total. The minimum atomic E-state index is -0.603. The molecule has 0 spiro atoms. The Bertz CT molecular complexity index is 602. The number of nitro benzene ring substituents is 1. The van der Waals surface area contributed by atoms with Gasteiger partial charge in [0.1, 0.15) is 5.69 Å². The SMILES string of the molecule is CCN1CCN(Cc2cccc([N+](=O)[O-])c2N)C(=O)C1=O. The van der Waals surface area contributed by atoms with E-state index < -0.39 is 16.7 Å². The number of piperazine rings is 1. The molecule has 21 heavy (non-hydrogen) atoms. The molecule has 8 heteroatoms. The van der Waals surface area contributed by atoms with E-state index in [0.717, 1.165) is 0 Å². The standard InChI is InChI=1S/C13H16N4O4/c1-2-15-6-7-16(13(19)12(15)18)8-9-4-3-5-10(11(9)14)17(20)21/h3-5H,2,6-8,14H2,1H3. The molecule has 1 saturated heterocycles. The van der Waals surface area contributed by atoms with E-state index >= 15 is 0 Å². The summed E-state index contributed by atoms with van der Waals surface area (Å²) in [6, 6.07) is 4.44. The topological polar surface area (TPSA) is 110 Å². The van der Waals surface area contributed by atoms with Gasteiger partial charge < -0.3 is 15.5 Å². The van der Waals surface area contributed by atoms with Crippen molar-refractivity contribution in [3.05, 3.63) is 33.9 Å². The number of para-hydroxylation sites is 1. The first-order chi connectivity index (χ1) is 9.95. The number of carbonyl (C=O) groups is 2. The lowest BCUT2D eigenvalue weighted by Gasteiger charge is -2.33. The first kappa shape index (κ1) is 14.8. The van der Waals surface area contributed by atoms with Crippen molar-refractivity contribution in [3.63, 3.8) is 0 Å². The average molecular weight is 292 g/mol. The average Bonchev–Trinajstić information content (AvgIpc) is 2.46. The van der Waals surface area contributed by atoms with Crippen molar-refractivity contribution in [2.75, 3.05) is 25.4 Å². The van der Waals surface area contributed by atoms with Crippen LogP contribution in [0.4, 0.5) is 11.4 Å². The summed E-state index contributed by atoms with van der Waals surface area (Å²) in [5.74, 6) is -1.15. The maximum Gasteiger partial charge on any atom is 0.312 e. The predicted molar refractivity (Wildman–Crippen MR) is 75.2 cm³/mol. The highest BCUT2D eigenvalue weighted by Crippen LogP contribution is 2.26. The lowest BCUT2D eigenvalue weighted by Crippen LogP contribution is -2.53. The maximum absolute atomic E-state index is 12.0. The third-order valence-corrected chi connectivity index (χ3v) is 3.51. The van der Waals surface area contributed by atoms with Gasteiger partial charge in [-0.15, -0.1) is 0 Å². The van der Waals surface area contributed by atoms with Crippen LogP contribution in [0, 0.1) is 10.1 Å². The molecule has 1 aliphatic rings. The lowest BCUT2D eigenvalue weighted by atomic mass is 10.1. The second-order valence-electron chi connectivity index (χ2n) is 4.72. The van der Waals surface area contributed by atoms with Gasteiger partial charge in [0.05, 0.1) is 4.92 Å². The van der Waals surface area contributed by atoms with Gasteiger partial charge >= 0.3 is 11.8 Å². The molecule has 0 radical (unpaired) electrons. The summed E-state index contributed by atoms with van der Waals surface area (Å²) < 4.78 is 0. The number of nitrogens with two attached hydrogens (primary N) is 1. The molecule has 1 aliphatic heterocycles. The number of anilines is 1. The number of rotatable bonds is 4. The zero-order valence-electron chi connectivity index (χ0n) is 11.6. The summed E-state index contributed by atoms with van der Waals surface area (Å²) >= 11 is 0. The molecule has 0 atom stereocenters. The number of hydrogen-bond acceptors (Lipinski definition) is 5. The van der Waals surface area contributed by atoms with Crippen LogP contribution in [-0.2, 0) is 16.1 Å². The Hall–Kier alpha value is -2.64. The quantitative estimate of drug-likeness (QED) is 0.373. The summed E-state index contributed by atoms with van der Waals surface area (Å²) in [5, 5.41) is 10.8. The highest BCUT2D eigenvalue weighted by molar-refractivity contribution is 6.35. The summed E-state index contributed by atoms with van der Waals surface area (Å²) in [7, 11) is 0. The van der Waals surface area contributed by atoms with E-state index in [4.69, 9.17) is 5.73 Å². The van der Waals surface area contributed by atoms with Gasteiger partial charge in [-0.3, -0.25) is 19.7 Å². The fourth-order valence-electron chi connectivity index (χ4n) is 2.27. The molecule has 0 aromatic heterocycles. The van der Waals surface area contributed by atoms with Crippen LogP contribution in [0.15, 0.2) is 18.2 Å². The Morgan fingerprint density at radius 2 is 1.86 bits per heavy atom. The number of benzene rings is 1. The Kier molecular flexibility index (Phi) is 4.06. The first-order valence-electron chi connectivity index (χ1n) is 6.55.